The fourth-order valence-corrected chi connectivity index (χ4v) is 3.49. The summed E-state index contributed by atoms with van der Waals surface area (Å²) in [7, 11) is 0. The van der Waals surface area contributed by atoms with E-state index in [1.165, 1.54) is 50.8 Å². The standard InChI is InChI=1S/C19H32N2/c1-4-6-11-17(5-2)16-21-15-10-14-20-19(21,3)18-12-8-7-9-13-18/h7-9,12-13,17,20H,4-6,10-11,14-16H2,1-3H3/t17-,19+/m0/s1. The van der Waals surface area contributed by atoms with Crippen LogP contribution in [-0.2, 0) is 5.66 Å². The van der Waals surface area contributed by atoms with Crippen LogP contribution in [-0.4, -0.2) is 24.5 Å². The highest BCUT2D eigenvalue weighted by Crippen LogP contribution is 2.30. The molecule has 21 heavy (non-hydrogen) atoms. The highest BCUT2D eigenvalue weighted by atomic mass is 15.3. The molecule has 118 valence electrons. The molecule has 2 atom stereocenters. The number of hydrogen-bond donors (Lipinski definition) is 1. The SMILES string of the molecule is CCCC[C@H](CC)CN1CCCN[C@@]1(C)c1ccccc1. The molecule has 1 heterocycles. The predicted octanol–water partition coefficient (Wildman–Crippen LogP) is 4.37. The van der Waals surface area contributed by atoms with Gasteiger partial charge in [-0.2, -0.15) is 0 Å². The lowest BCUT2D eigenvalue weighted by atomic mass is 9.92. The number of nitrogens with one attached hydrogen (secondary N) is 1. The molecule has 0 spiro atoms. The highest BCUT2D eigenvalue weighted by Gasteiger charge is 2.36. The molecular weight excluding hydrogens is 256 g/mol. The Bertz CT molecular complexity index is 403. The van der Waals surface area contributed by atoms with Crippen LogP contribution >= 0.6 is 0 Å². The van der Waals surface area contributed by atoms with E-state index in [4.69, 9.17) is 0 Å². The lowest BCUT2D eigenvalue weighted by Gasteiger charge is -2.47. The quantitative estimate of drug-likeness (QED) is 0.801. The summed E-state index contributed by atoms with van der Waals surface area (Å²) in [5.74, 6) is 0.827. The van der Waals surface area contributed by atoms with Crippen LogP contribution < -0.4 is 5.32 Å². The molecule has 1 aliphatic rings. The third-order valence-electron chi connectivity index (χ3n) is 5.06. The van der Waals surface area contributed by atoms with Crippen LogP contribution in [0.3, 0.4) is 0 Å². The predicted molar refractivity (Wildman–Crippen MR) is 91.3 cm³/mol. The van der Waals surface area contributed by atoms with E-state index in [2.05, 4.69) is 61.3 Å². The molecule has 0 amide bonds. The van der Waals surface area contributed by atoms with Crippen molar-refractivity contribution in [1.82, 2.24) is 10.2 Å². The highest BCUT2D eigenvalue weighted by molar-refractivity contribution is 5.23. The second kappa shape index (κ2) is 7.95. The topological polar surface area (TPSA) is 15.3 Å². The number of rotatable bonds is 7. The van der Waals surface area contributed by atoms with Gasteiger partial charge < -0.3 is 0 Å². The molecule has 1 fully saturated rings. The molecule has 0 aliphatic carbocycles. The molecule has 2 rings (SSSR count). The number of nitrogens with zero attached hydrogens (tertiary/aromatic N) is 1. The van der Waals surface area contributed by atoms with E-state index in [1.54, 1.807) is 0 Å². The summed E-state index contributed by atoms with van der Waals surface area (Å²) >= 11 is 0. The molecule has 0 saturated carbocycles. The molecule has 2 nitrogen and oxygen atoms in total. The number of unbranched alkanes of at least 4 members (excludes halogenated alkanes) is 1. The van der Waals surface area contributed by atoms with Gasteiger partial charge >= 0.3 is 0 Å². The van der Waals surface area contributed by atoms with Gasteiger partial charge in [0.25, 0.3) is 0 Å². The minimum absolute atomic E-state index is 0.000849. The van der Waals surface area contributed by atoms with Gasteiger partial charge in [-0.05, 0) is 37.8 Å². The maximum atomic E-state index is 3.77. The first-order valence-electron chi connectivity index (χ1n) is 8.76. The van der Waals surface area contributed by atoms with E-state index in [0.717, 1.165) is 12.5 Å². The summed E-state index contributed by atoms with van der Waals surface area (Å²) in [5, 5.41) is 3.77. The Balaban J connectivity index is 2.11. The van der Waals surface area contributed by atoms with Crippen molar-refractivity contribution in [3.8, 4) is 0 Å². The van der Waals surface area contributed by atoms with Crippen molar-refractivity contribution >= 4 is 0 Å². The molecule has 0 radical (unpaired) electrons. The smallest absolute Gasteiger partial charge is 0.0946 e. The Kier molecular flexibility index (Phi) is 6.25. The van der Waals surface area contributed by atoms with E-state index < -0.39 is 0 Å². The zero-order valence-electron chi connectivity index (χ0n) is 14.1. The van der Waals surface area contributed by atoms with E-state index >= 15 is 0 Å². The van der Waals surface area contributed by atoms with Gasteiger partial charge in [-0.1, -0.05) is 63.4 Å². The molecule has 1 saturated heterocycles. The van der Waals surface area contributed by atoms with Gasteiger partial charge in [-0.15, -0.1) is 0 Å². The molecule has 2 heteroatoms. The fraction of sp³-hybridized carbons (Fsp3) is 0.684. The number of hydrogen-bond acceptors (Lipinski definition) is 2. The normalized spacial score (nSPS) is 24.9. The lowest BCUT2D eigenvalue weighted by Crippen LogP contribution is -2.59. The molecule has 1 aliphatic heterocycles. The minimum atomic E-state index is -0.000849. The van der Waals surface area contributed by atoms with Crippen LogP contribution in [0.2, 0.25) is 0 Å². The summed E-state index contributed by atoms with van der Waals surface area (Å²) in [5.41, 5.74) is 1.40. The van der Waals surface area contributed by atoms with Crippen LogP contribution in [0.4, 0.5) is 0 Å². The maximum Gasteiger partial charge on any atom is 0.0946 e. The van der Waals surface area contributed by atoms with Crippen LogP contribution in [0.15, 0.2) is 30.3 Å². The number of benzene rings is 1. The van der Waals surface area contributed by atoms with Crippen molar-refractivity contribution in [2.45, 2.75) is 58.5 Å². The van der Waals surface area contributed by atoms with Gasteiger partial charge in [0.2, 0.25) is 0 Å². The summed E-state index contributed by atoms with van der Waals surface area (Å²) in [4.78, 5) is 2.68. The molecule has 0 unspecified atom stereocenters. The largest absolute Gasteiger partial charge is 0.296 e. The first-order chi connectivity index (χ1) is 10.2. The fourth-order valence-electron chi connectivity index (χ4n) is 3.49. The van der Waals surface area contributed by atoms with Gasteiger partial charge in [0, 0.05) is 13.1 Å². The van der Waals surface area contributed by atoms with Crippen LogP contribution in [0.1, 0.15) is 58.4 Å². The van der Waals surface area contributed by atoms with Gasteiger partial charge in [0.15, 0.2) is 0 Å². The average Bonchev–Trinajstić information content (AvgIpc) is 2.54. The molecule has 0 aromatic heterocycles. The Morgan fingerprint density at radius 3 is 2.67 bits per heavy atom. The van der Waals surface area contributed by atoms with Crippen molar-refractivity contribution in [3.63, 3.8) is 0 Å². The first kappa shape index (κ1) is 16.5. The Morgan fingerprint density at radius 2 is 2.00 bits per heavy atom. The third-order valence-corrected chi connectivity index (χ3v) is 5.06. The van der Waals surface area contributed by atoms with Crippen LogP contribution in [0, 0.1) is 5.92 Å². The van der Waals surface area contributed by atoms with E-state index in [9.17, 15) is 0 Å². The van der Waals surface area contributed by atoms with E-state index in [-0.39, 0.29) is 5.66 Å². The minimum Gasteiger partial charge on any atom is -0.296 e. The van der Waals surface area contributed by atoms with Gasteiger partial charge in [0.05, 0.1) is 5.66 Å². The first-order valence-corrected chi connectivity index (χ1v) is 8.76. The van der Waals surface area contributed by atoms with Crippen molar-refractivity contribution in [1.29, 1.82) is 0 Å². The second-order valence-electron chi connectivity index (χ2n) is 6.58. The van der Waals surface area contributed by atoms with Gasteiger partial charge in [0.1, 0.15) is 0 Å². The monoisotopic (exact) mass is 288 g/mol. The Hall–Kier alpha value is -0.860. The summed E-state index contributed by atoms with van der Waals surface area (Å²) in [6.45, 7) is 10.5. The second-order valence-corrected chi connectivity index (χ2v) is 6.58. The van der Waals surface area contributed by atoms with Crippen LogP contribution in [0.25, 0.3) is 0 Å². The molecule has 1 aromatic rings. The molecule has 0 bridgehead atoms. The van der Waals surface area contributed by atoms with E-state index in [1.807, 2.05) is 0 Å². The van der Waals surface area contributed by atoms with Crippen molar-refractivity contribution in [3.05, 3.63) is 35.9 Å². The molecular formula is C19H32N2. The Labute approximate surface area is 130 Å². The van der Waals surface area contributed by atoms with Crippen molar-refractivity contribution < 1.29 is 0 Å². The average molecular weight is 288 g/mol. The summed E-state index contributed by atoms with van der Waals surface area (Å²) in [6, 6.07) is 10.9. The van der Waals surface area contributed by atoms with Crippen molar-refractivity contribution in [2.75, 3.05) is 19.6 Å². The lowest BCUT2D eigenvalue weighted by molar-refractivity contribution is 0.0222. The van der Waals surface area contributed by atoms with E-state index in [0.29, 0.717) is 0 Å². The van der Waals surface area contributed by atoms with Crippen molar-refractivity contribution in [2.24, 2.45) is 5.92 Å². The van der Waals surface area contributed by atoms with Gasteiger partial charge in [-0.3, -0.25) is 10.2 Å². The van der Waals surface area contributed by atoms with Crippen LogP contribution in [0.5, 0.6) is 0 Å². The Morgan fingerprint density at radius 1 is 1.24 bits per heavy atom. The summed E-state index contributed by atoms with van der Waals surface area (Å²) in [6.07, 6.45) is 6.59. The molecule has 1 N–H and O–H groups in total. The zero-order chi connectivity index (χ0) is 15.1. The maximum absolute atomic E-state index is 3.77. The zero-order valence-corrected chi connectivity index (χ0v) is 14.1. The van der Waals surface area contributed by atoms with Gasteiger partial charge in [-0.25, -0.2) is 0 Å². The third kappa shape index (κ3) is 4.08. The summed E-state index contributed by atoms with van der Waals surface area (Å²) < 4.78 is 0. The molecule has 1 aromatic carbocycles.